The van der Waals surface area contributed by atoms with Gasteiger partial charge in [-0.1, -0.05) is 33.1 Å². The van der Waals surface area contributed by atoms with E-state index in [-0.39, 0.29) is 18.1 Å². The largest absolute Gasteiger partial charge is 0.392 e. The van der Waals surface area contributed by atoms with Crippen molar-refractivity contribution in [2.45, 2.75) is 64.5 Å². The summed E-state index contributed by atoms with van der Waals surface area (Å²) in [5.41, 5.74) is 0. The smallest absolute Gasteiger partial charge is 0.221 e. The van der Waals surface area contributed by atoms with Crippen molar-refractivity contribution in [1.29, 1.82) is 0 Å². The quantitative estimate of drug-likeness (QED) is 0.630. The van der Waals surface area contributed by atoms with Crippen LogP contribution in [-0.2, 0) is 4.79 Å². The van der Waals surface area contributed by atoms with E-state index < -0.39 is 0 Å². The zero-order chi connectivity index (χ0) is 13.4. The summed E-state index contributed by atoms with van der Waals surface area (Å²) >= 11 is 0. The molecule has 0 heterocycles. The van der Waals surface area contributed by atoms with Crippen LogP contribution < -0.4 is 10.6 Å². The molecule has 18 heavy (non-hydrogen) atoms. The SMILES string of the molecule is CC(C)CNC(=O)CCNC1CCCCCC1O. The summed E-state index contributed by atoms with van der Waals surface area (Å²) in [6.07, 6.45) is 5.67. The highest BCUT2D eigenvalue weighted by atomic mass is 16.3. The summed E-state index contributed by atoms with van der Waals surface area (Å²) < 4.78 is 0. The number of carbonyl (C=O) groups is 1. The molecule has 0 saturated heterocycles. The topological polar surface area (TPSA) is 61.4 Å². The number of hydrogen-bond acceptors (Lipinski definition) is 3. The van der Waals surface area contributed by atoms with E-state index in [9.17, 15) is 9.90 Å². The van der Waals surface area contributed by atoms with Gasteiger partial charge in [-0.15, -0.1) is 0 Å². The first-order chi connectivity index (χ1) is 8.59. The molecule has 0 spiro atoms. The number of aliphatic hydroxyl groups excluding tert-OH is 1. The van der Waals surface area contributed by atoms with Crippen LogP contribution >= 0.6 is 0 Å². The van der Waals surface area contributed by atoms with Gasteiger partial charge in [-0.05, 0) is 18.8 Å². The second kappa shape index (κ2) is 8.48. The molecule has 1 rings (SSSR count). The fraction of sp³-hybridized carbons (Fsp3) is 0.929. The average Bonchev–Trinajstić information content (AvgIpc) is 2.52. The number of carbonyl (C=O) groups excluding carboxylic acids is 1. The van der Waals surface area contributed by atoms with Crippen LogP contribution in [0.15, 0.2) is 0 Å². The third-order valence-corrected chi connectivity index (χ3v) is 3.45. The van der Waals surface area contributed by atoms with Crippen molar-refractivity contribution in [3.63, 3.8) is 0 Å². The molecule has 1 amide bonds. The molecule has 0 aliphatic heterocycles. The van der Waals surface area contributed by atoms with Crippen LogP contribution in [0.1, 0.15) is 52.4 Å². The van der Waals surface area contributed by atoms with E-state index in [0.29, 0.717) is 18.9 Å². The Bertz CT molecular complexity index is 244. The van der Waals surface area contributed by atoms with Gasteiger partial charge in [0.25, 0.3) is 0 Å². The summed E-state index contributed by atoms with van der Waals surface area (Å²) in [5, 5.41) is 16.1. The molecule has 0 bridgehead atoms. The molecule has 0 aromatic heterocycles. The predicted octanol–water partition coefficient (Wildman–Crippen LogP) is 1.43. The number of amides is 1. The second-order valence-electron chi connectivity index (χ2n) is 5.71. The third-order valence-electron chi connectivity index (χ3n) is 3.45. The molecule has 2 unspecified atom stereocenters. The fourth-order valence-electron chi connectivity index (χ4n) is 2.30. The fourth-order valence-corrected chi connectivity index (χ4v) is 2.30. The van der Waals surface area contributed by atoms with Crippen LogP contribution in [0.5, 0.6) is 0 Å². The van der Waals surface area contributed by atoms with Crippen molar-refractivity contribution >= 4 is 5.91 Å². The average molecular weight is 256 g/mol. The van der Waals surface area contributed by atoms with Gasteiger partial charge >= 0.3 is 0 Å². The lowest BCUT2D eigenvalue weighted by Gasteiger charge is -2.21. The Kier molecular flexibility index (Phi) is 7.28. The molecule has 1 aliphatic rings. The van der Waals surface area contributed by atoms with E-state index in [1.54, 1.807) is 0 Å². The van der Waals surface area contributed by atoms with Gasteiger partial charge in [0.1, 0.15) is 0 Å². The summed E-state index contributed by atoms with van der Waals surface area (Å²) in [4.78, 5) is 11.5. The van der Waals surface area contributed by atoms with Crippen LogP contribution in [0.25, 0.3) is 0 Å². The van der Waals surface area contributed by atoms with Crippen LogP contribution in [0, 0.1) is 5.92 Å². The minimum atomic E-state index is -0.244. The number of rotatable bonds is 6. The van der Waals surface area contributed by atoms with Crippen molar-refractivity contribution in [2.75, 3.05) is 13.1 Å². The van der Waals surface area contributed by atoms with Gasteiger partial charge in [0.15, 0.2) is 0 Å². The van der Waals surface area contributed by atoms with Gasteiger partial charge in [-0.3, -0.25) is 4.79 Å². The zero-order valence-corrected chi connectivity index (χ0v) is 11.7. The van der Waals surface area contributed by atoms with Crippen molar-refractivity contribution in [1.82, 2.24) is 10.6 Å². The van der Waals surface area contributed by atoms with Gasteiger partial charge in [-0.2, -0.15) is 0 Å². The Balaban J connectivity index is 2.13. The van der Waals surface area contributed by atoms with Crippen LogP contribution in [0.2, 0.25) is 0 Å². The first-order valence-electron chi connectivity index (χ1n) is 7.27. The van der Waals surface area contributed by atoms with Crippen molar-refractivity contribution in [2.24, 2.45) is 5.92 Å². The molecular formula is C14H28N2O2. The number of nitrogens with one attached hydrogen (secondary N) is 2. The van der Waals surface area contributed by atoms with Gasteiger partial charge in [0, 0.05) is 25.6 Å². The Labute approximate surface area is 111 Å². The van der Waals surface area contributed by atoms with Gasteiger partial charge in [0.2, 0.25) is 5.91 Å². The molecule has 3 N–H and O–H groups in total. The summed E-state index contributed by atoms with van der Waals surface area (Å²) in [5.74, 6) is 0.588. The molecular weight excluding hydrogens is 228 g/mol. The monoisotopic (exact) mass is 256 g/mol. The Morgan fingerprint density at radius 3 is 2.72 bits per heavy atom. The molecule has 0 aromatic rings. The molecule has 4 heteroatoms. The van der Waals surface area contributed by atoms with Gasteiger partial charge in [-0.25, -0.2) is 0 Å². The highest BCUT2D eigenvalue weighted by molar-refractivity contribution is 5.76. The molecule has 4 nitrogen and oxygen atoms in total. The van der Waals surface area contributed by atoms with E-state index in [1.807, 2.05) is 0 Å². The lowest BCUT2D eigenvalue weighted by molar-refractivity contribution is -0.121. The van der Waals surface area contributed by atoms with Crippen molar-refractivity contribution < 1.29 is 9.90 Å². The second-order valence-corrected chi connectivity index (χ2v) is 5.71. The summed E-state index contributed by atoms with van der Waals surface area (Å²) in [7, 11) is 0. The first-order valence-corrected chi connectivity index (χ1v) is 7.27. The molecule has 0 aromatic carbocycles. The van der Waals surface area contributed by atoms with Crippen LogP contribution in [0.4, 0.5) is 0 Å². The van der Waals surface area contributed by atoms with Crippen molar-refractivity contribution in [3.05, 3.63) is 0 Å². The Hall–Kier alpha value is -0.610. The maximum atomic E-state index is 11.5. The minimum absolute atomic E-state index is 0.0966. The molecule has 106 valence electrons. The Morgan fingerprint density at radius 1 is 1.28 bits per heavy atom. The van der Waals surface area contributed by atoms with E-state index in [1.165, 1.54) is 12.8 Å². The predicted molar refractivity (Wildman–Crippen MR) is 73.3 cm³/mol. The number of hydrogen-bond donors (Lipinski definition) is 3. The maximum Gasteiger partial charge on any atom is 0.221 e. The first kappa shape index (κ1) is 15.4. The molecule has 1 fully saturated rings. The lowest BCUT2D eigenvalue weighted by atomic mass is 10.1. The molecule has 0 radical (unpaired) electrons. The van der Waals surface area contributed by atoms with E-state index in [2.05, 4.69) is 24.5 Å². The van der Waals surface area contributed by atoms with E-state index in [4.69, 9.17) is 0 Å². The standard InChI is InChI=1S/C14H28N2O2/c1-11(2)10-16-14(18)8-9-15-12-6-4-3-5-7-13(12)17/h11-13,15,17H,3-10H2,1-2H3,(H,16,18). The van der Waals surface area contributed by atoms with E-state index >= 15 is 0 Å². The van der Waals surface area contributed by atoms with Gasteiger partial charge in [0.05, 0.1) is 6.10 Å². The molecule has 1 saturated carbocycles. The highest BCUT2D eigenvalue weighted by Crippen LogP contribution is 2.17. The van der Waals surface area contributed by atoms with E-state index in [0.717, 1.165) is 25.8 Å². The highest BCUT2D eigenvalue weighted by Gasteiger charge is 2.20. The zero-order valence-electron chi connectivity index (χ0n) is 11.7. The minimum Gasteiger partial charge on any atom is -0.392 e. The summed E-state index contributed by atoms with van der Waals surface area (Å²) in [6.45, 7) is 5.57. The third kappa shape index (κ3) is 6.36. The van der Waals surface area contributed by atoms with Gasteiger partial charge < -0.3 is 15.7 Å². The molecule has 1 aliphatic carbocycles. The number of aliphatic hydroxyl groups is 1. The molecule has 2 atom stereocenters. The van der Waals surface area contributed by atoms with Crippen molar-refractivity contribution in [3.8, 4) is 0 Å². The van der Waals surface area contributed by atoms with Crippen LogP contribution in [0.3, 0.4) is 0 Å². The lowest BCUT2D eigenvalue weighted by Crippen LogP contribution is -2.41. The normalized spacial score (nSPS) is 24.9. The summed E-state index contributed by atoms with van der Waals surface area (Å²) in [6, 6.07) is 0.172. The van der Waals surface area contributed by atoms with Crippen LogP contribution in [-0.4, -0.2) is 36.2 Å². The Morgan fingerprint density at radius 2 is 2.00 bits per heavy atom. The maximum absolute atomic E-state index is 11.5.